The molecule has 0 nitrogen and oxygen atoms in total. The highest BCUT2D eigenvalue weighted by Gasteiger charge is 2.58. The number of rotatable bonds is 6. The lowest BCUT2D eigenvalue weighted by atomic mass is 9.76. The summed E-state index contributed by atoms with van der Waals surface area (Å²) >= 11 is 0. The lowest BCUT2D eigenvalue weighted by Gasteiger charge is -2.50. The van der Waals surface area contributed by atoms with E-state index in [1.54, 1.807) is 87.3 Å². The standard InChI is InChI=1S/C38H54P2/c1-10-22-34-29(13-1)23-24-35(39-27-11-25-37(39,30-14-2-3-15-30)31-16-4-5-17-31)36(34)40-28-12-26-38(40,32-18-6-7-19-32)33-20-8-9-21-33/h1,10,13,22-24,30-33H,2-9,11-12,14-21,25-28H2. The van der Waals surface area contributed by atoms with Crippen molar-refractivity contribution in [2.24, 2.45) is 23.7 Å². The highest BCUT2D eigenvalue weighted by atomic mass is 31.1. The summed E-state index contributed by atoms with van der Waals surface area (Å²) in [6.45, 7) is 0. The second-order valence-corrected chi connectivity index (χ2v) is 20.3. The van der Waals surface area contributed by atoms with Crippen molar-refractivity contribution in [2.75, 3.05) is 12.3 Å². The van der Waals surface area contributed by atoms with E-state index in [4.69, 9.17) is 0 Å². The molecule has 2 aliphatic heterocycles. The molecular weight excluding hydrogens is 518 g/mol. The molecule has 6 aliphatic rings. The van der Waals surface area contributed by atoms with Gasteiger partial charge in [0, 0.05) is 10.3 Å². The summed E-state index contributed by atoms with van der Waals surface area (Å²) in [5, 5.41) is 8.62. The Kier molecular flexibility index (Phi) is 7.63. The van der Waals surface area contributed by atoms with Gasteiger partial charge >= 0.3 is 0 Å². The lowest BCUT2D eigenvalue weighted by Crippen LogP contribution is -2.46. The van der Waals surface area contributed by atoms with Gasteiger partial charge in [-0.1, -0.05) is 104 Å². The Bertz CT molecular complexity index is 1140. The Morgan fingerprint density at radius 1 is 0.475 bits per heavy atom. The van der Waals surface area contributed by atoms with E-state index in [0.29, 0.717) is 10.3 Å². The van der Waals surface area contributed by atoms with Crippen LogP contribution in [0.3, 0.4) is 0 Å². The molecule has 0 radical (unpaired) electrons. The number of benzene rings is 2. The van der Waals surface area contributed by atoms with Crippen LogP contribution in [-0.2, 0) is 0 Å². The molecule has 2 unspecified atom stereocenters. The van der Waals surface area contributed by atoms with Crippen molar-refractivity contribution in [2.45, 2.75) is 139 Å². The molecule has 40 heavy (non-hydrogen) atoms. The van der Waals surface area contributed by atoms with Crippen molar-refractivity contribution in [3.63, 3.8) is 0 Å². The Labute approximate surface area is 247 Å². The summed E-state index contributed by atoms with van der Waals surface area (Å²) in [7, 11) is -0.166. The van der Waals surface area contributed by atoms with E-state index >= 15 is 0 Å². The average molecular weight is 573 g/mol. The SMILES string of the molecule is c1ccc2c(P3CCCC3(C3CCCC3)C3CCCC3)c(P3CCCC3(C3CCCC3)C3CCCC3)ccc2c1. The lowest BCUT2D eigenvalue weighted by molar-refractivity contribution is 0.260. The Hall–Kier alpha value is -0.440. The van der Waals surface area contributed by atoms with Crippen molar-refractivity contribution in [1.29, 1.82) is 0 Å². The fraction of sp³-hybridized carbons (Fsp3) is 0.737. The normalized spacial score (nSPS) is 31.8. The van der Waals surface area contributed by atoms with Gasteiger partial charge in [-0.2, -0.15) is 0 Å². The van der Waals surface area contributed by atoms with E-state index in [2.05, 4.69) is 36.4 Å². The van der Waals surface area contributed by atoms with Gasteiger partial charge in [0.2, 0.25) is 0 Å². The van der Waals surface area contributed by atoms with Gasteiger partial charge in [-0.3, -0.25) is 0 Å². The van der Waals surface area contributed by atoms with Crippen molar-refractivity contribution < 1.29 is 0 Å². The van der Waals surface area contributed by atoms with Crippen LogP contribution in [0.25, 0.3) is 10.8 Å². The molecule has 2 heteroatoms. The zero-order chi connectivity index (χ0) is 26.6. The van der Waals surface area contributed by atoms with Gasteiger partial charge in [0.1, 0.15) is 0 Å². The van der Waals surface area contributed by atoms with Crippen LogP contribution in [0.1, 0.15) is 128 Å². The van der Waals surface area contributed by atoms with E-state index in [9.17, 15) is 0 Å². The molecule has 0 amide bonds. The first kappa shape index (κ1) is 27.1. The van der Waals surface area contributed by atoms with Gasteiger partial charge in [0.25, 0.3) is 0 Å². The molecule has 2 atom stereocenters. The van der Waals surface area contributed by atoms with Gasteiger partial charge in [-0.05, 0) is 134 Å². The molecule has 0 aromatic heterocycles. The zero-order valence-electron chi connectivity index (χ0n) is 25.2. The summed E-state index contributed by atoms with van der Waals surface area (Å²) < 4.78 is 0. The van der Waals surface area contributed by atoms with Crippen LogP contribution in [0, 0.1) is 23.7 Å². The van der Waals surface area contributed by atoms with Crippen LogP contribution >= 0.6 is 15.8 Å². The van der Waals surface area contributed by atoms with Crippen molar-refractivity contribution in [3.05, 3.63) is 36.4 Å². The minimum atomic E-state index is -0.0963. The van der Waals surface area contributed by atoms with Crippen molar-refractivity contribution >= 4 is 37.2 Å². The maximum atomic E-state index is 2.79. The molecule has 2 aromatic carbocycles. The number of fused-ring (bicyclic) bond motifs is 1. The fourth-order valence-corrected chi connectivity index (χ4v) is 21.2. The van der Waals surface area contributed by atoms with Crippen LogP contribution in [0.2, 0.25) is 0 Å². The first-order valence-electron chi connectivity index (χ1n) is 17.9. The average Bonchev–Trinajstić information content (AvgIpc) is 3.84. The monoisotopic (exact) mass is 572 g/mol. The highest BCUT2D eigenvalue weighted by Crippen LogP contribution is 2.72. The summed E-state index contributed by atoms with van der Waals surface area (Å²) in [6, 6.07) is 15.2. The first-order chi connectivity index (χ1) is 19.8. The van der Waals surface area contributed by atoms with Crippen LogP contribution in [-0.4, -0.2) is 22.6 Å². The van der Waals surface area contributed by atoms with Crippen LogP contribution in [0.5, 0.6) is 0 Å². The minimum absolute atomic E-state index is 0.0697. The molecule has 216 valence electrons. The van der Waals surface area contributed by atoms with Crippen molar-refractivity contribution in [1.82, 2.24) is 0 Å². The predicted octanol–water partition coefficient (Wildman–Crippen LogP) is 10.9. The Balaban J connectivity index is 1.32. The van der Waals surface area contributed by atoms with E-state index in [1.807, 2.05) is 10.6 Å². The Morgan fingerprint density at radius 3 is 1.45 bits per heavy atom. The number of hydrogen-bond acceptors (Lipinski definition) is 0. The topological polar surface area (TPSA) is 0 Å². The maximum Gasteiger partial charge on any atom is 0.000264 e. The van der Waals surface area contributed by atoms with E-state index in [-0.39, 0.29) is 15.8 Å². The molecule has 4 aliphatic carbocycles. The van der Waals surface area contributed by atoms with Gasteiger partial charge in [-0.15, -0.1) is 0 Å². The maximum absolute atomic E-state index is 2.79. The quantitative estimate of drug-likeness (QED) is 0.302. The third-order valence-corrected chi connectivity index (χ3v) is 21.2. The fourth-order valence-electron chi connectivity index (χ4n) is 12.2. The van der Waals surface area contributed by atoms with E-state index in [1.165, 1.54) is 64.2 Å². The summed E-state index contributed by atoms with van der Waals surface area (Å²) in [5.41, 5.74) is 0. The van der Waals surface area contributed by atoms with Gasteiger partial charge in [0.15, 0.2) is 0 Å². The van der Waals surface area contributed by atoms with Crippen molar-refractivity contribution in [3.8, 4) is 0 Å². The van der Waals surface area contributed by atoms with Crippen LogP contribution < -0.4 is 10.6 Å². The Morgan fingerprint density at radius 2 is 0.925 bits per heavy atom. The summed E-state index contributed by atoms with van der Waals surface area (Å²) in [5.74, 6) is 4.13. The third kappa shape index (κ3) is 4.18. The second kappa shape index (κ2) is 11.2. The molecular formula is C38H54P2. The molecule has 2 heterocycles. The molecule has 2 saturated heterocycles. The van der Waals surface area contributed by atoms with E-state index < -0.39 is 0 Å². The smallest absolute Gasteiger partial charge is 0.000264 e. The highest BCUT2D eigenvalue weighted by molar-refractivity contribution is 7.74. The largest absolute Gasteiger partial charge is 0.0677 e. The molecule has 4 saturated carbocycles. The third-order valence-electron chi connectivity index (χ3n) is 13.6. The second-order valence-electron chi connectivity index (χ2n) is 15.1. The van der Waals surface area contributed by atoms with E-state index in [0.717, 1.165) is 23.7 Å². The minimum Gasteiger partial charge on any atom is -0.0677 e. The first-order valence-corrected chi connectivity index (χ1v) is 20.9. The van der Waals surface area contributed by atoms with Crippen LogP contribution in [0.15, 0.2) is 36.4 Å². The number of hydrogen-bond donors (Lipinski definition) is 0. The molecule has 0 bridgehead atoms. The summed E-state index contributed by atoms with van der Waals surface area (Å²) in [4.78, 5) is 0. The predicted molar refractivity (Wildman–Crippen MR) is 179 cm³/mol. The molecule has 2 aromatic rings. The van der Waals surface area contributed by atoms with Crippen LogP contribution in [0.4, 0.5) is 0 Å². The summed E-state index contributed by atoms with van der Waals surface area (Å²) in [6.07, 6.45) is 33.9. The van der Waals surface area contributed by atoms with Gasteiger partial charge < -0.3 is 0 Å². The molecule has 0 N–H and O–H groups in total. The van der Waals surface area contributed by atoms with Gasteiger partial charge in [-0.25, -0.2) is 0 Å². The molecule has 8 rings (SSSR count). The zero-order valence-corrected chi connectivity index (χ0v) is 27.0. The van der Waals surface area contributed by atoms with Gasteiger partial charge in [0.05, 0.1) is 0 Å². The molecule has 6 fully saturated rings. The molecule has 0 spiro atoms.